The maximum atomic E-state index is 9.38. The lowest BCUT2D eigenvalue weighted by Crippen LogP contribution is -2.65. The molecular formula is C19H35N3O3. The summed E-state index contributed by atoms with van der Waals surface area (Å²) in [4.78, 5) is 4.44. The van der Waals surface area contributed by atoms with Crippen molar-refractivity contribution in [3.8, 4) is 0 Å². The molecule has 25 heavy (non-hydrogen) atoms. The van der Waals surface area contributed by atoms with E-state index in [1.807, 2.05) is 7.05 Å². The van der Waals surface area contributed by atoms with Crippen molar-refractivity contribution in [1.29, 1.82) is 0 Å². The van der Waals surface area contributed by atoms with Gasteiger partial charge < -0.3 is 25.2 Å². The number of nitrogens with zero attached hydrogens (tertiary/aromatic N) is 1. The molecule has 1 aliphatic heterocycles. The normalized spacial score (nSPS) is 34.3. The highest BCUT2D eigenvalue weighted by Crippen LogP contribution is 2.54. The van der Waals surface area contributed by atoms with E-state index < -0.39 is 0 Å². The Bertz CT molecular complexity index is 457. The van der Waals surface area contributed by atoms with E-state index in [0.29, 0.717) is 17.6 Å². The van der Waals surface area contributed by atoms with Gasteiger partial charge in [-0.15, -0.1) is 0 Å². The molecule has 2 aliphatic carbocycles. The monoisotopic (exact) mass is 353 g/mol. The average molecular weight is 354 g/mol. The van der Waals surface area contributed by atoms with Crippen LogP contribution >= 0.6 is 0 Å². The Kier molecular flexibility index (Phi) is 6.23. The van der Waals surface area contributed by atoms with Crippen LogP contribution in [0.2, 0.25) is 0 Å². The molecule has 3 atom stereocenters. The first kappa shape index (κ1) is 18.9. The number of ether oxygens (including phenoxy) is 2. The molecule has 3 fully saturated rings. The van der Waals surface area contributed by atoms with Gasteiger partial charge in [0, 0.05) is 50.3 Å². The predicted molar refractivity (Wildman–Crippen MR) is 98.8 cm³/mol. The standard InChI is InChI=1S/C19H35N3O3/c1-3-25-16-12-15(19(16)6-4-5-7-19)22-17(20-2)21-13-18(8-10-23)9-11-24-14-18/h15-16,23H,3-14H2,1-2H3,(H2,20,21,22). The Morgan fingerprint density at radius 3 is 2.72 bits per heavy atom. The number of hydrogen-bond donors (Lipinski definition) is 3. The molecule has 0 aromatic carbocycles. The van der Waals surface area contributed by atoms with Gasteiger partial charge >= 0.3 is 0 Å². The zero-order valence-corrected chi connectivity index (χ0v) is 15.9. The maximum absolute atomic E-state index is 9.38. The summed E-state index contributed by atoms with van der Waals surface area (Å²) in [7, 11) is 1.83. The molecule has 3 unspecified atom stereocenters. The van der Waals surface area contributed by atoms with Gasteiger partial charge in [-0.05, 0) is 39.0 Å². The van der Waals surface area contributed by atoms with Gasteiger partial charge in [0.15, 0.2) is 5.96 Å². The van der Waals surface area contributed by atoms with Crippen molar-refractivity contribution >= 4 is 5.96 Å². The summed E-state index contributed by atoms with van der Waals surface area (Å²) in [6, 6.07) is 0.450. The summed E-state index contributed by atoms with van der Waals surface area (Å²) in [5, 5.41) is 16.5. The fourth-order valence-electron chi connectivity index (χ4n) is 5.03. The Labute approximate surface area is 151 Å². The van der Waals surface area contributed by atoms with E-state index in [0.717, 1.165) is 51.6 Å². The number of rotatable bonds is 7. The first-order valence-corrected chi connectivity index (χ1v) is 9.95. The highest BCUT2D eigenvalue weighted by atomic mass is 16.5. The summed E-state index contributed by atoms with van der Waals surface area (Å²) in [5.41, 5.74) is 0.331. The zero-order valence-electron chi connectivity index (χ0n) is 15.9. The molecule has 0 aromatic heterocycles. The van der Waals surface area contributed by atoms with Crippen LogP contribution in [0, 0.1) is 10.8 Å². The predicted octanol–water partition coefficient (Wildman–Crippen LogP) is 1.68. The summed E-state index contributed by atoms with van der Waals surface area (Å²) in [6.45, 7) is 5.40. The molecule has 6 heteroatoms. The van der Waals surface area contributed by atoms with Gasteiger partial charge in [-0.3, -0.25) is 4.99 Å². The molecular weight excluding hydrogens is 318 g/mol. The zero-order chi connectivity index (χ0) is 17.8. The van der Waals surface area contributed by atoms with Gasteiger partial charge in [0.2, 0.25) is 0 Å². The minimum atomic E-state index is 0.0326. The van der Waals surface area contributed by atoms with Crippen molar-refractivity contribution in [2.75, 3.05) is 40.0 Å². The van der Waals surface area contributed by atoms with Gasteiger partial charge in [-0.25, -0.2) is 0 Å². The lowest BCUT2D eigenvalue weighted by Gasteiger charge is -2.54. The van der Waals surface area contributed by atoms with Crippen LogP contribution in [0.25, 0.3) is 0 Å². The molecule has 1 spiro atoms. The van der Waals surface area contributed by atoms with E-state index >= 15 is 0 Å². The molecule has 3 N–H and O–H groups in total. The van der Waals surface area contributed by atoms with Crippen molar-refractivity contribution < 1.29 is 14.6 Å². The fraction of sp³-hybridized carbons (Fsp3) is 0.947. The number of aliphatic hydroxyl groups is 1. The maximum Gasteiger partial charge on any atom is 0.191 e. The van der Waals surface area contributed by atoms with Gasteiger partial charge in [0.1, 0.15) is 0 Å². The van der Waals surface area contributed by atoms with E-state index in [-0.39, 0.29) is 12.0 Å². The van der Waals surface area contributed by atoms with Crippen LogP contribution in [0.3, 0.4) is 0 Å². The van der Waals surface area contributed by atoms with Crippen LogP contribution in [0.5, 0.6) is 0 Å². The van der Waals surface area contributed by atoms with Gasteiger partial charge in [0.05, 0.1) is 12.7 Å². The quantitative estimate of drug-likeness (QED) is 0.480. The Morgan fingerprint density at radius 1 is 1.32 bits per heavy atom. The first-order chi connectivity index (χ1) is 12.2. The molecule has 2 saturated carbocycles. The third-order valence-corrected chi connectivity index (χ3v) is 6.68. The average Bonchev–Trinajstić information content (AvgIpc) is 3.28. The van der Waals surface area contributed by atoms with Crippen LogP contribution in [-0.2, 0) is 9.47 Å². The topological polar surface area (TPSA) is 75.1 Å². The number of aliphatic hydroxyl groups excluding tert-OH is 1. The van der Waals surface area contributed by atoms with Gasteiger partial charge in [0.25, 0.3) is 0 Å². The smallest absolute Gasteiger partial charge is 0.191 e. The minimum absolute atomic E-state index is 0.0326. The molecule has 0 bridgehead atoms. The van der Waals surface area contributed by atoms with Crippen LogP contribution in [-0.4, -0.2) is 63.2 Å². The second kappa shape index (κ2) is 8.23. The number of aliphatic imine (C=N–C) groups is 1. The third-order valence-electron chi connectivity index (χ3n) is 6.68. The molecule has 3 aliphatic rings. The Hall–Kier alpha value is -0.850. The molecule has 0 aromatic rings. The van der Waals surface area contributed by atoms with E-state index in [9.17, 15) is 5.11 Å². The summed E-state index contributed by atoms with van der Waals surface area (Å²) >= 11 is 0. The highest BCUT2D eigenvalue weighted by Gasteiger charge is 2.57. The molecule has 0 radical (unpaired) electrons. The van der Waals surface area contributed by atoms with E-state index in [4.69, 9.17) is 9.47 Å². The lowest BCUT2D eigenvalue weighted by molar-refractivity contribution is -0.125. The van der Waals surface area contributed by atoms with Crippen LogP contribution in [0.15, 0.2) is 4.99 Å². The summed E-state index contributed by atoms with van der Waals surface area (Å²) in [6.07, 6.45) is 8.38. The second-order valence-corrected chi connectivity index (χ2v) is 8.02. The van der Waals surface area contributed by atoms with Crippen molar-refractivity contribution in [2.24, 2.45) is 15.8 Å². The largest absolute Gasteiger partial charge is 0.396 e. The Morgan fingerprint density at radius 2 is 2.12 bits per heavy atom. The van der Waals surface area contributed by atoms with E-state index in [2.05, 4.69) is 22.5 Å². The first-order valence-electron chi connectivity index (χ1n) is 9.95. The van der Waals surface area contributed by atoms with Crippen molar-refractivity contribution in [1.82, 2.24) is 10.6 Å². The molecule has 1 heterocycles. The van der Waals surface area contributed by atoms with E-state index in [1.165, 1.54) is 25.7 Å². The summed E-state index contributed by atoms with van der Waals surface area (Å²) in [5.74, 6) is 0.871. The van der Waals surface area contributed by atoms with Crippen molar-refractivity contribution in [2.45, 2.75) is 64.0 Å². The molecule has 1 saturated heterocycles. The van der Waals surface area contributed by atoms with Crippen LogP contribution < -0.4 is 10.6 Å². The fourth-order valence-corrected chi connectivity index (χ4v) is 5.03. The SMILES string of the molecule is CCOC1CC(NC(=NC)NCC2(CCO)CCOC2)C12CCCC2. The minimum Gasteiger partial charge on any atom is -0.396 e. The number of hydrogen-bond acceptors (Lipinski definition) is 4. The Balaban J connectivity index is 1.56. The highest BCUT2D eigenvalue weighted by molar-refractivity contribution is 5.80. The van der Waals surface area contributed by atoms with Crippen molar-refractivity contribution in [3.05, 3.63) is 0 Å². The van der Waals surface area contributed by atoms with E-state index in [1.54, 1.807) is 0 Å². The van der Waals surface area contributed by atoms with Crippen LogP contribution in [0.4, 0.5) is 0 Å². The molecule has 3 rings (SSSR count). The van der Waals surface area contributed by atoms with Gasteiger partial charge in [-0.1, -0.05) is 12.8 Å². The third kappa shape index (κ3) is 3.81. The number of guanidine groups is 1. The number of nitrogens with one attached hydrogen (secondary N) is 2. The molecule has 6 nitrogen and oxygen atoms in total. The summed E-state index contributed by atoms with van der Waals surface area (Å²) < 4.78 is 11.6. The molecule has 0 amide bonds. The van der Waals surface area contributed by atoms with Gasteiger partial charge in [-0.2, -0.15) is 0 Å². The second-order valence-electron chi connectivity index (χ2n) is 8.02. The molecule has 144 valence electrons. The van der Waals surface area contributed by atoms with Crippen LogP contribution in [0.1, 0.15) is 51.9 Å². The van der Waals surface area contributed by atoms with Crippen molar-refractivity contribution in [3.63, 3.8) is 0 Å². The lowest BCUT2D eigenvalue weighted by atomic mass is 9.60.